The molecule has 18 heavy (non-hydrogen) atoms. The largest absolute Gasteiger partial charge is 0.497 e. The molecule has 1 aromatic rings. The van der Waals surface area contributed by atoms with Crippen molar-refractivity contribution in [2.24, 2.45) is 0 Å². The van der Waals surface area contributed by atoms with Crippen molar-refractivity contribution in [1.82, 2.24) is 10.2 Å². The van der Waals surface area contributed by atoms with E-state index in [1.165, 1.54) is 0 Å². The Balaban J connectivity index is 0.00000289. The molecular weight excluding hydrogens is 252 g/mol. The van der Waals surface area contributed by atoms with Gasteiger partial charge in [0.1, 0.15) is 11.5 Å². The Kier molecular flexibility index (Phi) is 8.54. The lowest BCUT2D eigenvalue weighted by Crippen LogP contribution is -2.27. The molecule has 0 fully saturated rings. The van der Waals surface area contributed by atoms with E-state index in [2.05, 4.69) is 17.3 Å². The second-order valence-corrected chi connectivity index (χ2v) is 4.02. The second kappa shape index (κ2) is 9.03. The standard InChI is InChI=1S/C13H22N2O2.ClH/c1-14-7-8-15(2)10-11-9-12(16-3)5-6-13(11)17-4;/h5-6,9,14H,7-8,10H2,1-4H3;1H. The van der Waals surface area contributed by atoms with Crippen molar-refractivity contribution in [2.45, 2.75) is 6.54 Å². The summed E-state index contributed by atoms with van der Waals surface area (Å²) >= 11 is 0. The van der Waals surface area contributed by atoms with E-state index in [-0.39, 0.29) is 12.4 Å². The summed E-state index contributed by atoms with van der Waals surface area (Å²) in [4.78, 5) is 2.24. The first-order chi connectivity index (χ1) is 8.21. The van der Waals surface area contributed by atoms with Gasteiger partial charge in [-0.1, -0.05) is 0 Å². The number of halogens is 1. The van der Waals surface area contributed by atoms with E-state index in [9.17, 15) is 0 Å². The molecule has 104 valence electrons. The number of ether oxygens (including phenoxy) is 2. The molecule has 0 spiro atoms. The van der Waals surface area contributed by atoms with E-state index in [4.69, 9.17) is 9.47 Å². The van der Waals surface area contributed by atoms with Crippen LogP contribution >= 0.6 is 12.4 Å². The van der Waals surface area contributed by atoms with Gasteiger partial charge in [-0.3, -0.25) is 0 Å². The number of hydrogen-bond acceptors (Lipinski definition) is 4. The molecule has 0 aromatic heterocycles. The van der Waals surface area contributed by atoms with Gasteiger partial charge in [0.15, 0.2) is 0 Å². The van der Waals surface area contributed by atoms with E-state index < -0.39 is 0 Å². The summed E-state index contributed by atoms with van der Waals surface area (Å²) in [6.45, 7) is 2.82. The summed E-state index contributed by atoms with van der Waals surface area (Å²) < 4.78 is 10.6. The van der Waals surface area contributed by atoms with E-state index in [0.29, 0.717) is 0 Å². The Hall–Kier alpha value is -0.970. The number of benzene rings is 1. The van der Waals surface area contributed by atoms with Gasteiger partial charge < -0.3 is 19.7 Å². The average molecular weight is 275 g/mol. The molecule has 0 atom stereocenters. The van der Waals surface area contributed by atoms with Gasteiger partial charge in [-0.05, 0) is 32.3 Å². The highest BCUT2D eigenvalue weighted by atomic mass is 35.5. The van der Waals surface area contributed by atoms with Crippen LogP contribution in [-0.4, -0.2) is 46.3 Å². The van der Waals surface area contributed by atoms with Gasteiger partial charge in [0.25, 0.3) is 0 Å². The Morgan fingerprint density at radius 1 is 1.22 bits per heavy atom. The zero-order chi connectivity index (χ0) is 12.7. The second-order valence-electron chi connectivity index (χ2n) is 4.02. The fourth-order valence-corrected chi connectivity index (χ4v) is 1.68. The molecule has 5 heteroatoms. The molecule has 1 N–H and O–H groups in total. The molecule has 1 aromatic carbocycles. The predicted octanol–water partition coefficient (Wildman–Crippen LogP) is 1.78. The van der Waals surface area contributed by atoms with Crippen LogP contribution in [0.5, 0.6) is 11.5 Å². The molecule has 0 aliphatic rings. The fraction of sp³-hybridized carbons (Fsp3) is 0.538. The summed E-state index contributed by atoms with van der Waals surface area (Å²) in [6.07, 6.45) is 0. The molecule has 0 heterocycles. The van der Waals surface area contributed by atoms with Gasteiger partial charge in [0.05, 0.1) is 14.2 Å². The van der Waals surface area contributed by atoms with Crippen molar-refractivity contribution in [3.63, 3.8) is 0 Å². The smallest absolute Gasteiger partial charge is 0.123 e. The van der Waals surface area contributed by atoms with Gasteiger partial charge >= 0.3 is 0 Å². The summed E-state index contributed by atoms with van der Waals surface area (Å²) in [7, 11) is 7.42. The maximum absolute atomic E-state index is 5.35. The summed E-state index contributed by atoms with van der Waals surface area (Å²) in [5.74, 6) is 1.77. The monoisotopic (exact) mass is 274 g/mol. The summed E-state index contributed by atoms with van der Waals surface area (Å²) in [5, 5.41) is 3.14. The van der Waals surface area contributed by atoms with Crippen molar-refractivity contribution < 1.29 is 9.47 Å². The molecule has 0 amide bonds. The van der Waals surface area contributed by atoms with Gasteiger partial charge in [-0.15, -0.1) is 12.4 Å². The maximum atomic E-state index is 5.35. The third kappa shape index (κ3) is 5.12. The molecule has 0 bridgehead atoms. The van der Waals surface area contributed by atoms with Crippen LogP contribution in [0.2, 0.25) is 0 Å². The van der Waals surface area contributed by atoms with E-state index in [1.807, 2.05) is 25.2 Å². The van der Waals surface area contributed by atoms with E-state index in [0.717, 1.165) is 36.7 Å². The van der Waals surface area contributed by atoms with Crippen molar-refractivity contribution >= 4 is 12.4 Å². The molecular formula is C13H23ClN2O2. The number of rotatable bonds is 7. The summed E-state index contributed by atoms with van der Waals surface area (Å²) in [6, 6.07) is 5.88. The van der Waals surface area contributed by atoms with Crippen molar-refractivity contribution in [2.75, 3.05) is 41.4 Å². The molecule has 0 unspecified atom stereocenters. The normalized spacial score (nSPS) is 10.1. The van der Waals surface area contributed by atoms with Crippen molar-refractivity contribution in [3.05, 3.63) is 23.8 Å². The lowest BCUT2D eigenvalue weighted by Gasteiger charge is -2.18. The van der Waals surface area contributed by atoms with E-state index >= 15 is 0 Å². The highest BCUT2D eigenvalue weighted by molar-refractivity contribution is 5.85. The van der Waals surface area contributed by atoms with E-state index in [1.54, 1.807) is 14.2 Å². The Bertz CT molecular complexity index is 348. The Morgan fingerprint density at radius 2 is 1.94 bits per heavy atom. The van der Waals surface area contributed by atoms with Gasteiger partial charge in [0, 0.05) is 25.2 Å². The SMILES string of the molecule is CNCCN(C)Cc1cc(OC)ccc1OC.Cl. The van der Waals surface area contributed by atoms with Crippen LogP contribution in [0.15, 0.2) is 18.2 Å². The Labute approximate surface area is 116 Å². The minimum absolute atomic E-state index is 0. The minimum Gasteiger partial charge on any atom is -0.497 e. The molecule has 0 saturated heterocycles. The quantitative estimate of drug-likeness (QED) is 0.822. The molecule has 0 radical (unpaired) electrons. The van der Waals surface area contributed by atoms with Crippen LogP contribution in [0.25, 0.3) is 0 Å². The predicted molar refractivity (Wildman–Crippen MR) is 77.1 cm³/mol. The first-order valence-electron chi connectivity index (χ1n) is 5.75. The first kappa shape index (κ1) is 17.0. The number of likely N-dealkylation sites (N-methyl/N-ethyl adjacent to an activating group) is 2. The van der Waals surface area contributed by atoms with Gasteiger partial charge in [0.2, 0.25) is 0 Å². The van der Waals surface area contributed by atoms with Crippen molar-refractivity contribution in [1.29, 1.82) is 0 Å². The average Bonchev–Trinajstić information content (AvgIpc) is 2.36. The number of hydrogen-bond donors (Lipinski definition) is 1. The molecule has 0 saturated carbocycles. The van der Waals surface area contributed by atoms with Crippen LogP contribution in [0, 0.1) is 0 Å². The van der Waals surface area contributed by atoms with Crippen molar-refractivity contribution in [3.8, 4) is 11.5 Å². The number of nitrogens with zero attached hydrogens (tertiary/aromatic N) is 1. The van der Waals surface area contributed by atoms with Crippen LogP contribution in [0.4, 0.5) is 0 Å². The van der Waals surface area contributed by atoms with Crippen LogP contribution < -0.4 is 14.8 Å². The zero-order valence-corrected chi connectivity index (χ0v) is 12.3. The lowest BCUT2D eigenvalue weighted by molar-refractivity contribution is 0.317. The van der Waals surface area contributed by atoms with Crippen LogP contribution in [-0.2, 0) is 6.54 Å². The minimum atomic E-state index is 0. The first-order valence-corrected chi connectivity index (χ1v) is 5.75. The number of nitrogens with one attached hydrogen (secondary N) is 1. The molecule has 0 aliphatic heterocycles. The topological polar surface area (TPSA) is 33.7 Å². The highest BCUT2D eigenvalue weighted by Gasteiger charge is 2.07. The number of methoxy groups -OCH3 is 2. The zero-order valence-electron chi connectivity index (χ0n) is 11.5. The van der Waals surface area contributed by atoms with Crippen LogP contribution in [0.1, 0.15) is 5.56 Å². The third-order valence-electron chi connectivity index (χ3n) is 2.67. The molecule has 0 aliphatic carbocycles. The highest BCUT2D eigenvalue weighted by Crippen LogP contribution is 2.24. The lowest BCUT2D eigenvalue weighted by atomic mass is 10.1. The molecule has 1 rings (SSSR count). The molecule has 4 nitrogen and oxygen atoms in total. The van der Waals surface area contributed by atoms with Gasteiger partial charge in [-0.25, -0.2) is 0 Å². The third-order valence-corrected chi connectivity index (χ3v) is 2.67. The fourth-order valence-electron chi connectivity index (χ4n) is 1.68. The maximum Gasteiger partial charge on any atom is 0.123 e. The summed E-state index contributed by atoms with van der Waals surface area (Å²) in [5.41, 5.74) is 1.14. The van der Waals surface area contributed by atoms with Crippen LogP contribution in [0.3, 0.4) is 0 Å². The van der Waals surface area contributed by atoms with Gasteiger partial charge in [-0.2, -0.15) is 0 Å². The Morgan fingerprint density at radius 3 is 2.50 bits per heavy atom.